The Balaban J connectivity index is 1.40. The number of aromatic nitrogens is 1. The quantitative estimate of drug-likeness (QED) is 0.439. The predicted molar refractivity (Wildman–Crippen MR) is 123 cm³/mol. The van der Waals surface area contributed by atoms with Gasteiger partial charge in [-0.2, -0.15) is 0 Å². The molecule has 4 aromatic rings. The third kappa shape index (κ3) is 3.57. The number of nitrogens with zero attached hydrogens (tertiary/aromatic N) is 1. The van der Waals surface area contributed by atoms with E-state index in [0.29, 0.717) is 16.4 Å². The molecule has 1 aliphatic rings. The Morgan fingerprint density at radius 2 is 1.77 bits per heavy atom. The summed E-state index contributed by atoms with van der Waals surface area (Å²) >= 11 is 1.44. The summed E-state index contributed by atoms with van der Waals surface area (Å²) in [5.74, 6) is 0.335. The molecule has 1 aliphatic carbocycles. The highest BCUT2D eigenvalue weighted by Crippen LogP contribution is 2.31. The molecule has 0 saturated heterocycles. The van der Waals surface area contributed by atoms with Crippen LogP contribution in [-0.2, 0) is 12.8 Å². The maximum absolute atomic E-state index is 13.0. The predicted octanol–water partition coefficient (Wildman–Crippen LogP) is 6.10. The number of ether oxygens (including phenoxy) is 1. The maximum Gasteiger partial charge on any atom is 0.261 e. The lowest BCUT2D eigenvalue weighted by Crippen LogP contribution is -2.13. The summed E-state index contributed by atoms with van der Waals surface area (Å²) in [6, 6.07) is 18.3. The van der Waals surface area contributed by atoms with Gasteiger partial charge in [-0.3, -0.25) is 10.1 Å². The van der Waals surface area contributed by atoms with Gasteiger partial charge in [-0.25, -0.2) is 4.98 Å². The van der Waals surface area contributed by atoms with Crippen molar-refractivity contribution in [3.8, 4) is 17.0 Å². The molecular formula is C25H22N2O2S. The van der Waals surface area contributed by atoms with Crippen LogP contribution in [0.1, 0.15) is 34.3 Å². The smallest absolute Gasteiger partial charge is 0.261 e. The number of carbonyl (C=O) groups excluding carboxylic acids is 1. The Morgan fingerprint density at radius 1 is 1.00 bits per heavy atom. The molecule has 1 N–H and O–H groups in total. The Kier molecular flexibility index (Phi) is 4.97. The molecule has 0 unspecified atom stereocenters. The van der Waals surface area contributed by atoms with Crippen LogP contribution < -0.4 is 10.1 Å². The number of amides is 1. The second-order valence-electron chi connectivity index (χ2n) is 7.58. The van der Waals surface area contributed by atoms with Gasteiger partial charge in [-0.15, -0.1) is 11.3 Å². The normalized spacial score (nSPS) is 13.1. The lowest BCUT2D eigenvalue weighted by atomic mass is 9.90. The molecule has 5 rings (SSSR count). The lowest BCUT2D eigenvalue weighted by Gasteiger charge is -2.16. The Morgan fingerprint density at radius 3 is 2.57 bits per heavy atom. The molecule has 0 bridgehead atoms. The monoisotopic (exact) mass is 414 g/mol. The van der Waals surface area contributed by atoms with Crippen molar-refractivity contribution in [2.45, 2.75) is 25.7 Å². The summed E-state index contributed by atoms with van der Waals surface area (Å²) in [4.78, 5) is 17.6. The molecule has 30 heavy (non-hydrogen) atoms. The SMILES string of the molecule is COc1cc2ccccc2cc1C(=O)Nc1nc(-c2ccc3c(c2)CCCC3)cs1. The van der Waals surface area contributed by atoms with Crippen molar-refractivity contribution in [3.63, 3.8) is 0 Å². The van der Waals surface area contributed by atoms with E-state index >= 15 is 0 Å². The molecule has 1 heterocycles. The molecule has 0 radical (unpaired) electrons. The summed E-state index contributed by atoms with van der Waals surface area (Å²) in [7, 11) is 1.58. The number of thiazole rings is 1. The third-order valence-corrected chi connectivity index (χ3v) is 6.44. The molecule has 150 valence electrons. The van der Waals surface area contributed by atoms with Crippen LogP contribution in [0.2, 0.25) is 0 Å². The van der Waals surface area contributed by atoms with E-state index in [9.17, 15) is 4.79 Å². The summed E-state index contributed by atoms with van der Waals surface area (Å²) in [6.07, 6.45) is 4.83. The van der Waals surface area contributed by atoms with E-state index in [1.165, 1.54) is 41.7 Å². The van der Waals surface area contributed by atoms with Crippen LogP contribution >= 0.6 is 11.3 Å². The average molecular weight is 415 g/mol. The number of rotatable bonds is 4. The van der Waals surface area contributed by atoms with Gasteiger partial charge in [-0.05, 0) is 65.8 Å². The molecule has 1 aromatic heterocycles. The van der Waals surface area contributed by atoms with Gasteiger partial charge in [0.25, 0.3) is 5.91 Å². The van der Waals surface area contributed by atoms with Crippen LogP contribution in [0, 0.1) is 0 Å². The Bertz CT molecular complexity index is 1250. The van der Waals surface area contributed by atoms with Crippen LogP contribution in [0.4, 0.5) is 5.13 Å². The first-order chi connectivity index (χ1) is 14.7. The highest BCUT2D eigenvalue weighted by atomic mass is 32.1. The van der Waals surface area contributed by atoms with Crippen LogP contribution in [0.25, 0.3) is 22.0 Å². The van der Waals surface area contributed by atoms with Crippen molar-refractivity contribution < 1.29 is 9.53 Å². The molecule has 3 aromatic carbocycles. The van der Waals surface area contributed by atoms with Gasteiger partial charge in [-0.1, -0.05) is 36.4 Å². The lowest BCUT2D eigenvalue weighted by molar-refractivity contribution is 0.102. The first-order valence-corrected chi connectivity index (χ1v) is 11.0. The minimum absolute atomic E-state index is 0.219. The number of hydrogen-bond donors (Lipinski definition) is 1. The van der Waals surface area contributed by atoms with E-state index in [1.807, 2.05) is 41.8 Å². The van der Waals surface area contributed by atoms with E-state index in [1.54, 1.807) is 7.11 Å². The number of anilines is 1. The average Bonchev–Trinajstić information content (AvgIpc) is 3.26. The van der Waals surface area contributed by atoms with Gasteiger partial charge in [0.2, 0.25) is 0 Å². The molecule has 0 saturated carbocycles. The summed E-state index contributed by atoms with van der Waals surface area (Å²) in [5.41, 5.74) is 5.39. The highest BCUT2D eigenvalue weighted by molar-refractivity contribution is 7.14. The maximum atomic E-state index is 13.0. The van der Waals surface area contributed by atoms with E-state index < -0.39 is 0 Å². The number of fused-ring (bicyclic) bond motifs is 2. The molecule has 0 atom stereocenters. The zero-order chi connectivity index (χ0) is 20.5. The first kappa shape index (κ1) is 18.8. The number of methoxy groups -OCH3 is 1. The molecule has 0 fully saturated rings. The third-order valence-electron chi connectivity index (χ3n) is 5.68. The second-order valence-corrected chi connectivity index (χ2v) is 8.44. The van der Waals surface area contributed by atoms with Crippen molar-refractivity contribution in [2.24, 2.45) is 0 Å². The Hall–Kier alpha value is -3.18. The van der Waals surface area contributed by atoms with Gasteiger partial charge in [0.1, 0.15) is 5.75 Å². The van der Waals surface area contributed by atoms with E-state index in [2.05, 4.69) is 28.5 Å². The zero-order valence-electron chi connectivity index (χ0n) is 16.8. The van der Waals surface area contributed by atoms with E-state index in [4.69, 9.17) is 4.74 Å². The fourth-order valence-electron chi connectivity index (χ4n) is 4.09. The number of nitrogens with one attached hydrogen (secondary N) is 1. The van der Waals surface area contributed by atoms with Crippen molar-refractivity contribution >= 4 is 33.1 Å². The van der Waals surface area contributed by atoms with Gasteiger partial charge in [0.05, 0.1) is 18.4 Å². The fourth-order valence-corrected chi connectivity index (χ4v) is 4.80. The van der Waals surface area contributed by atoms with Crippen LogP contribution in [0.3, 0.4) is 0 Å². The highest BCUT2D eigenvalue weighted by Gasteiger charge is 2.16. The Labute approximate surface area is 179 Å². The first-order valence-electron chi connectivity index (χ1n) is 10.2. The topological polar surface area (TPSA) is 51.2 Å². The van der Waals surface area contributed by atoms with E-state index in [0.717, 1.165) is 28.5 Å². The summed E-state index contributed by atoms with van der Waals surface area (Å²) < 4.78 is 5.46. The fraction of sp³-hybridized carbons (Fsp3) is 0.200. The van der Waals surface area contributed by atoms with Crippen molar-refractivity contribution in [1.82, 2.24) is 4.98 Å². The number of benzene rings is 3. The number of hydrogen-bond acceptors (Lipinski definition) is 4. The summed E-state index contributed by atoms with van der Waals surface area (Å²) in [5, 5.41) is 7.56. The van der Waals surface area contributed by atoms with Crippen LogP contribution in [0.5, 0.6) is 5.75 Å². The molecule has 0 aliphatic heterocycles. The van der Waals surface area contributed by atoms with Gasteiger partial charge >= 0.3 is 0 Å². The van der Waals surface area contributed by atoms with Crippen LogP contribution in [-0.4, -0.2) is 18.0 Å². The molecular weight excluding hydrogens is 392 g/mol. The standard InChI is InChI=1S/C25H22N2O2S/c1-29-23-14-19-9-5-4-8-18(19)13-21(23)24(28)27-25-26-22(15-30-25)20-11-10-16-6-2-3-7-17(16)12-20/h4-5,8-15H,2-3,6-7H2,1H3,(H,26,27,28). The number of carbonyl (C=O) groups is 1. The molecule has 4 nitrogen and oxygen atoms in total. The van der Waals surface area contributed by atoms with Crippen molar-refractivity contribution in [3.05, 3.63) is 76.7 Å². The minimum Gasteiger partial charge on any atom is -0.496 e. The zero-order valence-corrected chi connectivity index (χ0v) is 17.6. The second kappa shape index (κ2) is 7.92. The van der Waals surface area contributed by atoms with E-state index in [-0.39, 0.29) is 5.91 Å². The van der Waals surface area contributed by atoms with Crippen molar-refractivity contribution in [2.75, 3.05) is 12.4 Å². The molecule has 0 spiro atoms. The summed E-state index contributed by atoms with van der Waals surface area (Å²) in [6.45, 7) is 0. The van der Waals surface area contributed by atoms with Gasteiger partial charge in [0.15, 0.2) is 5.13 Å². The minimum atomic E-state index is -0.219. The molecule has 1 amide bonds. The van der Waals surface area contributed by atoms with Crippen molar-refractivity contribution in [1.29, 1.82) is 0 Å². The molecule has 5 heteroatoms. The van der Waals surface area contributed by atoms with Gasteiger partial charge in [0, 0.05) is 10.9 Å². The number of aryl methyl sites for hydroxylation is 2. The van der Waals surface area contributed by atoms with Gasteiger partial charge < -0.3 is 4.74 Å². The largest absolute Gasteiger partial charge is 0.496 e. The van der Waals surface area contributed by atoms with Crippen LogP contribution in [0.15, 0.2) is 60.0 Å².